The van der Waals surface area contributed by atoms with Crippen LogP contribution in [-0.2, 0) is 0 Å². The number of rotatable bonds is 4. The highest BCUT2D eigenvalue weighted by atomic mass is 16.3. The first-order chi connectivity index (χ1) is 7.45. The fraction of sp³-hybridized carbons (Fsp3) is 0.571. The second kappa shape index (κ2) is 5.46. The summed E-state index contributed by atoms with van der Waals surface area (Å²) in [5.74, 6) is 0. The van der Waals surface area contributed by atoms with Crippen molar-refractivity contribution >= 4 is 0 Å². The lowest BCUT2D eigenvalue weighted by atomic mass is 9.96. The van der Waals surface area contributed by atoms with Crippen molar-refractivity contribution in [3.8, 4) is 0 Å². The van der Waals surface area contributed by atoms with Crippen LogP contribution >= 0.6 is 0 Å². The van der Waals surface area contributed by atoms with Crippen LogP contribution in [0.1, 0.15) is 42.1 Å². The summed E-state index contributed by atoms with van der Waals surface area (Å²) in [6.07, 6.45) is 0. The van der Waals surface area contributed by atoms with Crippen molar-refractivity contribution in [1.82, 2.24) is 5.32 Å². The largest absolute Gasteiger partial charge is 0.395 e. The van der Waals surface area contributed by atoms with E-state index in [2.05, 4.69) is 45.1 Å². The minimum atomic E-state index is 0.135. The zero-order valence-electron chi connectivity index (χ0n) is 11.0. The van der Waals surface area contributed by atoms with Gasteiger partial charge in [-0.1, -0.05) is 12.1 Å². The molecule has 0 aliphatic rings. The number of nitrogens with one attached hydrogen (secondary N) is 1. The SMILES string of the molecule is Cc1cc(C)c(C(C)N[C@@H](C)CO)cc1C. The highest BCUT2D eigenvalue weighted by molar-refractivity contribution is 5.38. The lowest BCUT2D eigenvalue weighted by molar-refractivity contribution is 0.243. The molecule has 2 atom stereocenters. The number of aliphatic hydroxyl groups is 1. The van der Waals surface area contributed by atoms with Crippen LogP contribution in [0.5, 0.6) is 0 Å². The van der Waals surface area contributed by atoms with Gasteiger partial charge in [0.15, 0.2) is 0 Å². The Morgan fingerprint density at radius 2 is 1.62 bits per heavy atom. The minimum absolute atomic E-state index is 0.135. The van der Waals surface area contributed by atoms with E-state index in [1.54, 1.807) is 0 Å². The maximum Gasteiger partial charge on any atom is 0.0582 e. The molecule has 0 bridgehead atoms. The smallest absolute Gasteiger partial charge is 0.0582 e. The van der Waals surface area contributed by atoms with Crippen LogP contribution in [0.4, 0.5) is 0 Å². The van der Waals surface area contributed by atoms with Gasteiger partial charge in [-0.2, -0.15) is 0 Å². The predicted molar refractivity (Wildman–Crippen MR) is 68.8 cm³/mol. The van der Waals surface area contributed by atoms with Gasteiger partial charge in [-0.15, -0.1) is 0 Å². The van der Waals surface area contributed by atoms with Crippen LogP contribution in [0.15, 0.2) is 12.1 Å². The lowest BCUT2D eigenvalue weighted by Gasteiger charge is -2.21. The fourth-order valence-corrected chi connectivity index (χ4v) is 2.02. The van der Waals surface area contributed by atoms with Gasteiger partial charge in [0.2, 0.25) is 0 Å². The Kier molecular flexibility index (Phi) is 4.51. The van der Waals surface area contributed by atoms with Crippen LogP contribution in [0.25, 0.3) is 0 Å². The molecule has 1 unspecified atom stereocenters. The third kappa shape index (κ3) is 3.06. The number of benzene rings is 1. The van der Waals surface area contributed by atoms with E-state index in [9.17, 15) is 0 Å². The summed E-state index contributed by atoms with van der Waals surface area (Å²) in [7, 11) is 0. The van der Waals surface area contributed by atoms with Gasteiger partial charge in [-0.05, 0) is 56.9 Å². The topological polar surface area (TPSA) is 32.3 Å². The van der Waals surface area contributed by atoms with Crippen LogP contribution in [0, 0.1) is 20.8 Å². The number of hydrogen-bond donors (Lipinski definition) is 2. The molecule has 16 heavy (non-hydrogen) atoms. The molecule has 0 heterocycles. The van der Waals surface area contributed by atoms with Crippen molar-refractivity contribution < 1.29 is 5.11 Å². The molecular formula is C14H23NO. The van der Waals surface area contributed by atoms with Crippen LogP contribution in [0.3, 0.4) is 0 Å². The zero-order chi connectivity index (χ0) is 12.3. The first-order valence-electron chi connectivity index (χ1n) is 5.90. The maximum atomic E-state index is 9.04. The van der Waals surface area contributed by atoms with Gasteiger partial charge in [0, 0.05) is 12.1 Å². The Bertz CT molecular complexity index is 360. The molecule has 0 fully saturated rings. The molecule has 0 saturated carbocycles. The fourth-order valence-electron chi connectivity index (χ4n) is 2.02. The van der Waals surface area contributed by atoms with Gasteiger partial charge in [0.1, 0.15) is 0 Å². The molecule has 1 aromatic carbocycles. The standard InChI is InChI=1S/C14H23NO/c1-9-6-11(3)14(7-10(9)2)13(5)15-12(4)8-16/h6-7,12-13,15-16H,8H2,1-5H3/t12-,13?/m0/s1. The zero-order valence-corrected chi connectivity index (χ0v) is 11.0. The molecule has 1 rings (SSSR count). The van der Waals surface area contributed by atoms with Crippen molar-refractivity contribution in [3.05, 3.63) is 34.4 Å². The molecule has 90 valence electrons. The summed E-state index contributed by atoms with van der Waals surface area (Å²) in [6.45, 7) is 10.7. The molecule has 0 aromatic heterocycles. The summed E-state index contributed by atoms with van der Waals surface area (Å²) in [6, 6.07) is 4.89. The average Bonchev–Trinajstić information content (AvgIpc) is 2.23. The predicted octanol–water partition coefficient (Wildman–Crippen LogP) is 2.64. The third-order valence-electron chi connectivity index (χ3n) is 3.16. The molecule has 2 nitrogen and oxygen atoms in total. The summed E-state index contributed by atoms with van der Waals surface area (Å²) < 4.78 is 0. The van der Waals surface area contributed by atoms with E-state index >= 15 is 0 Å². The molecule has 0 amide bonds. The van der Waals surface area contributed by atoms with Gasteiger partial charge in [-0.3, -0.25) is 0 Å². The quantitative estimate of drug-likeness (QED) is 0.819. The Hall–Kier alpha value is -0.860. The average molecular weight is 221 g/mol. The molecule has 2 N–H and O–H groups in total. The Morgan fingerprint density at radius 1 is 1.06 bits per heavy atom. The van der Waals surface area contributed by atoms with E-state index in [0.29, 0.717) is 0 Å². The van der Waals surface area contributed by atoms with Crippen molar-refractivity contribution in [3.63, 3.8) is 0 Å². The second-order valence-electron chi connectivity index (χ2n) is 4.77. The van der Waals surface area contributed by atoms with E-state index in [0.717, 1.165) is 0 Å². The first kappa shape index (κ1) is 13.2. The Labute approximate surface area is 98.7 Å². The van der Waals surface area contributed by atoms with E-state index in [1.165, 1.54) is 22.3 Å². The summed E-state index contributed by atoms with van der Waals surface area (Å²) in [5.41, 5.74) is 5.30. The van der Waals surface area contributed by atoms with Gasteiger partial charge < -0.3 is 10.4 Å². The minimum Gasteiger partial charge on any atom is -0.395 e. The summed E-state index contributed by atoms with van der Waals surface area (Å²) >= 11 is 0. The van der Waals surface area contributed by atoms with Crippen molar-refractivity contribution in [2.24, 2.45) is 0 Å². The highest BCUT2D eigenvalue weighted by Gasteiger charge is 2.11. The lowest BCUT2D eigenvalue weighted by Crippen LogP contribution is -2.32. The Balaban J connectivity index is 2.91. The van der Waals surface area contributed by atoms with E-state index in [4.69, 9.17) is 5.11 Å². The van der Waals surface area contributed by atoms with Crippen molar-refractivity contribution in [2.75, 3.05) is 6.61 Å². The summed E-state index contributed by atoms with van der Waals surface area (Å²) in [4.78, 5) is 0. The molecular weight excluding hydrogens is 198 g/mol. The third-order valence-corrected chi connectivity index (χ3v) is 3.16. The van der Waals surface area contributed by atoms with Gasteiger partial charge in [-0.25, -0.2) is 0 Å². The molecule has 0 saturated heterocycles. The van der Waals surface area contributed by atoms with Gasteiger partial charge in [0.25, 0.3) is 0 Å². The van der Waals surface area contributed by atoms with E-state index in [-0.39, 0.29) is 18.7 Å². The van der Waals surface area contributed by atoms with Crippen LogP contribution < -0.4 is 5.32 Å². The van der Waals surface area contributed by atoms with Crippen molar-refractivity contribution in [2.45, 2.75) is 46.7 Å². The highest BCUT2D eigenvalue weighted by Crippen LogP contribution is 2.21. The number of aliphatic hydroxyl groups excluding tert-OH is 1. The maximum absolute atomic E-state index is 9.04. The van der Waals surface area contributed by atoms with Gasteiger partial charge >= 0.3 is 0 Å². The van der Waals surface area contributed by atoms with Crippen molar-refractivity contribution in [1.29, 1.82) is 0 Å². The van der Waals surface area contributed by atoms with E-state index in [1.807, 2.05) is 6.92 Å². The van der Waals surface area contributed by atoms with Gasteiger partial charge in [0.05, 0.1) is 6.61 Å². The van der Waals surface area contributed by atoms with Crippen LogP contribution in [0.2, 0.25) is 0 Å². The molecule has 0 radical (unpaired) electrons. The number of aryl methyl sites for hydroxylation is 3. The monoisotopic (exact) mass is 221 g/mol. The van der Waals surface area contributed by atoms with E-state index < -0.39 is 0 Å². The normalized spacial score (nSPS) is 14.9. The first-order valence-corrected chi connectivity index (χ1v) is 5.90. The molecule has 0 spiro atoms. The second-order valence-corrected chi connectivity index (χ2v) is 4.77. The number of hydrogen-bond acceptors (Lipinski definition) is 2. The molecule has 0 aliphatic carbocycles. The summed E-state index contributed by atoms with van der Waals surface area (Å²) in [5, 5.41) is 12.4. The molecule has 0 aliphatic heterocycles. The van der Waals surface area contributed by atoms with Crippen LogP contribution in [-0.4, -0.2) is 17.8 Å². The molecule has 1 aromatic rings. The Morgan fingerprint density at radius 3 is 2.19 bits per heavy atom. The molecule has 2 heteroatoms.